The number of pyridine rings is 1. The van der Waals surface area contributed by atoms with Crippen molar-refractivity contribution in [3.8, 4) is 22.8 Å². The third-order valence-electron chi connectivity index (χ3n) is 3.95. The van der Waals surface area contributed by atoms with Crippen molar-refractivity contribution < 1.29 is 0 Å². The molecule has 0 bridgehead atoms. The summed E-state index contributed by atoms with van der Waals surface area (Å²) >= 11 is 0. The lowest BCUT2D eigenvalue weighted by atomic mass is 10.1. The summed E-state index contributed by atoms with van der Waals surface area (Å²) in [5.74, 6) is 0.661. The summed E-state index contributed by atoms with van der Waals surface area (Å²) < 4.78 is 0. The van der Waals surface area contributed by atoms with Crippen LogP contribution >= 0.6 is 0 Å². The van der Waals surface area contributed by atoms with Gasteiger partial charge in [-0.2, -0.15) is 0 Å². The minimum atomic E-state index is 0.661. The molecule has 3 aromatic rings. The molecule has 0 aliphatic heterocycles. The summed E-state index contributed by atoms with van der Waals surface area (Å²) in [5.41, 5.74) is 5.02. The summed E-state index contributed by atoms with van der Waals surface area (Å²) in [5, 5.41) is 1.99. The maximum absolute atomic E-state index is 4.85. The second-order valence-corrected chi connectivity index (χ2v) is 5.81. The summed E-state index contributed by atoms with van der Waals surface area (Å²) in [6, 6.07) is 14.3. The van der Waals surface area contributed by atoms with E-state index in [1.807, 2.05) is 45.0 Å². The third-order valence-corrected chi connectivity index (χ3v) is 3.95. The normalized spacial score (nSPS) is 12.7. The lowest BCUT2D eigenvalue weighted by Crippen LogP contribution is -2.31. The minimum Gasteiger partial charge on any atom is -0.250 e. The van der Waals surface area contributed by atoms with Crippen molar-refractivity contribution in [1.82, 2.24) is 15.0 Å². The first-order valence-corrected chi connectivity index (χ1v) is 8.14. The Balaban J connectivity index is 2.34. The molecule has 0 unspecified atom stereocenters. The molecule has 120 valence electrons. The van der Waals surface area contributed by atoms with Crippen molar-refractivity contribution >= 4 is 12.2 Å². The highest BCUT2D eigenvalue weighted by Crippen LogP contribution is 2.17. The summed E-state index contributed by atoms with van der Waals surface area (Å²) in [7, 11) is 0. The molecular weight excluding hydrogens is 294 g/mol. The molecule has 3 nitrogen and oxygen atoms in total. The second kappa shape index (κ2) is 6.75. The van der Waals surface area contributed by atoms with Gasteiger partial charge >= 0.3 is 0 Å². The molecule has 0 fully saturated rings. The van der Waals surface area contributed by atoms with E-state index in [9.17, 15) is 0 Å². The van der Waals surface area contributed by atoms with Crippen molar-refractivity contribution in [3.63, 3.8) is 0 Å². The molecule has 0 saturated carbocycles. The van der Waals surface area contributed by atoms with Crippen LogP contribution in [0.2, 0.25) is 0 Å². The number of rotatable bonds is 2. The predicted molar refractivity (Wildman–Crippen MR) is 99.7 cm³/mol. The number of benzene rings is 1. The van der Waals surface area contributed by atoms with Crippen LogP contribution in [0, 0.1) is 13.8 Å². The highest BCUT2D eigenvalue weighted by atomic mass is 14.9. The van der Waals surface area contributed by atoms with Gasteiger partial charge in [0.05, 0.1) is 11.0 Å². The Morgan fingerprint density at radius 3 is 2.29 bits per heavy atom. The van der Waals surface area contributed by atoms with Crippen LogP contribution in [0.5, 0.6) is 0 Å². The van der Waals surface area contributed by atoms with Gasteiger partial charge in [0.1, 0.15) is 5.69 Å². The zero-order valence-electron chi connectivity index (χ0n) is 14.5. The van der Waals surface area contributed by atoms with Gasteiger partial charge in [0.2, 0.25) is 0 Å². The average molecular weight is 315 g/mol. The van der Waals surface area contributed by atoms with Crippen LogP contribution in [0.15, 0.2) is 42.5 Å². The fourth-order valence-electron chi connectivity index (χ4n) is 2.79. The fourth-order valence-corrected chi connectivity index (χ4v) is 2.79. The molecule has 2 aromatic heterocycles. The van der Waals surface area contributed by atoms with Crippen LogP contribution in [0.25, 0.3) is 34.9 Å². The monoisotopic (exact) mass is 315 g/mol. The van der Waals surface area contributed by atoms with Crippen molar-refractivity contribution in [2.45, 2.75) is 27.7 Å². The van der Waals surface area contributed by atoms with Crippen LogP contribution in [-0.2, 0) is 0 Å². The van der Waals surface area contributed by atoms with E-state index in [1.54, 1.807) is 0 Å². The van der Waals surface area contributed by atoms with Crippen LogP contribution in [0.3, 0.4) is 0 Å². The Hall–Kier alpha value is -2.81. The Bertz CT molecular complexity index is 1000. The van der Waals surface area contributed by atoms with Crippen molar-refractivity contribution in [1.29, 1.82) is 0 Å². The molecule has 1 aromatic carbocycles. The second-order valence-electron chi connectivity index (χ2n) is 5.81. The zero-order chi connectivity index (χ0) is 17.1. The first-order chi connectivity index (χ1) is 11.6. The van der Waals surface area contributed by atoms with Crippen molar-refractivity contribution in [2.24, 2.45) is 0 Å². The third kappa shape index (κ3) is 3.11. The van der Waals surface area contributed by atoms with Crippen LogP contribution in [-0.4, -0.2) is 15.0 Å². The quantitative estimate of drug-likeness (QED) is 0.727. The van der Waals surface area contributed by atoms with E-state index in [0.29, 0.717) is 5.82 Å². The largest absolute Gasteiger partial charge is 0.250 e. The lowest BCUT2D eigenvalue weighted by molar-refractivity contribution is 1.08. The molecule has 3 heteroatoms. The first-order valence-electron chi connectivity index (χ1n) is 8.14. The van der Waals surface area contributed by atoms with Gasteiger partial charge in [0.25, 0.3) is 0 Å². The van der Waals surface area contributed by atoms with Gasteiger partial charge in [0, 0.05) is 16.5 Å². The molecule has 0 N–H and O–H groups in total. The van der Waals surface area contributed by atoms with Gasteiger partial charge < -0.3 is 0 Å². The van der Waals surface area contributed by atoms with Gasteiger partial charge in [-0.05, 0) is 45.9 Å². The molecule has 0 amide bonds. The number of aromatic nitrogens is 3. The van der Waals surface area contributed by atoms with E-state index in [4.69, 9.17) is 9.97 Å². The number of nitrogens with zero attached hydrogens (tertiary/aromatic N) is 3. The minimum absolute atomic E-state index is 0.661. The fraction of sp³-hybridized carbons (Fsp3) is 0.190. The van der Waals surface area contributed by atoms with Gasteiger partial charge in [-0.15, -0.1) is 0 Å². The van der Waals surface area contributed by atoms with E-state index < -0.39 is 0 Å². The van der Waals surface area contributed by atoms with E-state index in [-0.39, 0.29) is 0 Å². The SMILES string of the molecule is C/C=c1/c(-c2cccc(C)c2)nc(-c2cccc(C)n2)n/c1=C/C. The molecule has 0 spiro atoms. The summed E-state index contributed by atoms with van der Waals surface area (Å²) in [6.07, 6.45) is 4.09. The molecule has 0 aliphatic carbocycles. The van der Waals surface area contributed by atoms with Crippen LogP contribution in [0.1, 0.15) is 25.1 Å². The summed E-state index contributed by atoms with van der Waals surface area (Å²) in [6.45, 7) is 8.10. The number of hydrogen-bond acceptors (Lipinski definition) is 3. The molecule has 24 heavy (non-hydrogen) atoms. The molecule has 0 radical (unpaired) electrons. The molecule has 0 aliphatic rings. The van der Waals surface area contributed by atoms with E-state index in [1.165, 1.54) is 5.56 Å². The maximum atomic E-state index is 4.85. The highest BCUT2D eigenvalue weighted by molar-refractivity contribution is 5.65. The predicted octanol–water partition coefficient (Wildman–Crippen LogP) is 3.42. The van der Waals surface area contributed by atoms with Crippen LogP contribution < -0.4 is 10.6 Å². The maximum Gasteiger partial charge on any atom is 0.179 e. The molecule has 0 atom stereocenters. The molecule has 0 saturated heterocycles. The van der Waals surface area contributed by atoms with Crippen LogP contribution in [0.4, 0.5) is 0 Å². The van der Waals surface area contributed by atoms with Gasteiger partial charge in [-0.3, -0.25) is 0 Å². The standard InChI is InChI=1S/C21H21N3/c1-5-17-18(6-2)23-21(19-12-8-10-15(4)22-19)24-20(17)16-11-7-9-14(3)13-16/h5-13H,1-4H3/b17-5+,18-6+. The van der Waals surface area contributed by atoms with Gasteiger partial charge in [-0.1, -0.05) is 42.0 Å². The van der Waals surface area contributed by atoms with Gasteiger partial charge in [0.15, 0.2) is 5.82 Å². The zero-order valence-corrected chi connectivity index (χ0v) is 14.5. The topological polar surface area (TPSA) is 38.7 Å². The summed E-state index contributed by atoms with van der Waals surface area (Å²) in [4.78, 5) is 14.1. The number of aryl methyl sites for hydroxylation is 2. The average Bonchev–Trinajstić information content (AvgIpc) is 2.60. The van der Waals surface area contributed by atoms with Crippen molar-refractivity contribution in [3.05, 3.63) is 64.3 Å². The molecular formula is C21H21N3. The van der Waals surface area contributed by atoms with E-state index >= 15 is 0 Å². The van der Waals surface area contributed by atoms with E-state index in [0.717, 1.165) is 33.2 Å². The molecule has 3 rings (SSSR count). The first kappa shape index (κ1) is 16.1. The highest BCUT2D eigenvalue weighted by Gasteiger charge is 2.10. The smallest absolute Gasteiger partial charge is 0.179 e. The molecule has 2 heterocycles. The Labute approximate surface area is 142 Å². The van der Waals surface area contributed by atoms with Crippen molar-refractivity contribution in [2.75, 3.05) is 0 Å². The Morgan fingerprint density at radius 1 is 0.833 bits per heavy atom. The number of hydrogen-bond donors (Lipinski definition) is 0. The van der Waals surface area contributed by atoms with E-state index in [2.05, 4.69) is 42.2 Å². The lowest BCUT2D eigenvalue weighted by Gasteiger charge is -2.08. The Kier molecular flexibility index (Phi) is 4.52. The Morgan fingerprint density at radius 2 is 1.62 bits per heavy atom. The van der Waals surface area contributed by atoms with Gasteiger partial charge in [-0.25, -0.2) is 15.0 Å².